The van der Waals surface area contributed by atoms with Gasteiger partial charge in [0.05, 0.1) is 35.2 Å². The maximum absolute atomic E-state index is 6.56. The fourth-order valence-corrected chi connectivity index (χ4v) is 2.62. The average molecular weight is 332 g/mol. The van der Waals surface area contributed by atoms with Crippen LogP contribution in [0.15, 0.2) is 36.4 Å². The van der Waals surface area contributed by atoms with E-state index in [9.17, 15) is 0 Å². The van der Waals surface area contributed by atoms with Crippen LogP contribution < -0.4 is 9.47 Å². The lowest BCUT2D eigenvalue weighted by Gasteiger charge is -2.18. The zero-order chi connectivity index (χ0) is 14.7. The third-order valence-corrected chi connectivity index (χ3v) is 4.16. The number of hydrogen-bond acceptors (Lipinski definition) is 2. The number of rotatable bonds is 4. The summed E-state index contributed by atoms with van der Waals surface area (Å²) >= 11 is 18.5. The van der Waals surface area contributed by atoms with Crippen LogP contribution in [-0.2, 0) is 0 Å². The van der Waals surface area contributed by atoms with Crippen LogP contribution in [0.3, 0.4) is 0 Å². The minimum Gasteiger partial charge on any atom is -0.496 e. The van der Waals surface area contributed by atoms with Crippen molar-refractivity contribution in [2.75, 3.05) is 14.2 Å². The minimum atomic E-state index is -0.448. The van der Waals surface area contributed by atoms with Gasteiger partial charge in [-0.1, -0.05) is 35.3 Å². The Kier molecular flexibility index (Phi) is 5.03. The molecule has 106 valence electrons. The molecule has 0 radical (unpaired) electrons. The molecule has 0 spiro atoms. The Balaban J connectivity index is 2.51. The van der Waals surface area contributed by atoms with Gasteiger partial charge in [-0.2, -0.15) is 0 Å². The molecule has 0 fully saturated rings. The SMILES string of the molecule is COc1cccc(OC)c1C(Cl)c1ccc(Cl)c(Cl)c1. The number of benzene rings is 2. The molecule has 1 atom stereocenters. The summed E-state index contributed by atoms with van der Waals surface area (Å²) in [4.78, 5) is 0. The van der Waals surface area contributed by atoms with E-state index in [-0.39, 0.29) is 0 Å². The first-order valence-corrected chi connectivity index (χ1v) is 7.07. The highest BCUT2D eigenvalue weighted by Gasteiger charge is 2.21. The van der Waals surface area contributed by atoms with Gasteiger partial charge in [0.1, 0.15) is 11.5 Å². The predicted molar refractivity (Wildman–Crippen MR) is 83.7 cm³/mol. The summed E-state index contributed by atoms with van der Waals surface area (Å²) in [6, 6.07) is 10.8. The minimum absolute atomic E-state index is 0.448. The first kappa shape index (κ1) is 15.3. The lowest BCUT2D eigenvalue weighted by molar-refractivity contribution is 0.386. The van der Waals surface area contributed by atoms with Crippen LogP contribution >= 0.6 is 34.8 Å². The average Bonchev–Trinajstić information content (AvgIpc) is 2.48. The maximum atomic E-state index is 6.56. The molecule has 20 heavy (non-hydrogen) atoms. The molecular weight excluding hydrogens is 319 g/mol. The van der Waals surface area contributed by atoms with Crippen LogP contribution in [0.4, 0.5) is 0 Å². The Labute approximate surface area is 133 Å². The Hall–Kier alpha value is -1.09. The van der Waals surface area contributed by atoms with Gasteiger partial charge in [0.25, 0.3) is 0 Å². The molecule has 2 aromatic carbocycles. The third kappa shape index (κ3) is 2.98. The summed E-state index contributed by atoms with van der Waals surface area (Å²) < 4.78 is 10.7. The van der Waals surface area contributed by atoms with Crippen molar-refractivity contribution < 1.29 is 9.47 Å². The first-order chi connectivity index (χ1) is 9.58. The van der Waals surface area contributed by atoms with Crippen LogP contribution in [-0.4, -0.2) is 14.2 Å². The van der Waals surface area contributed by atoms with Crippen molar-refractivity contribution in [1.29, 1.82) is 0 Å². The summed E-state index contributed by atoms with van der Waals surface area (Å²) in [6.07, 6.45) is 0. The zero-order valence-electron chi connectivity index (χ0n) is 11.0. The molecule has 0 N–H and O–H groups in total. The van der Waals surface area contributed by atoms with Gasteiger partial charge in [-0.25, -0.2) is 0 Å². The van der Waals surface area contributed by atoms with Crippen LogP contribution in [0, 0.1) is 0 Å². The summed E-state index contributed by atoms with van der Waals surface area (Å²) in [5.74, 6) is 1.32. The molecular formula is C15H13Cl3O2. The molecule has 0 aliphatic rings. The van der Waals surface area contributed by atoms with Gasteiger partial charge in [-0.05, 0) is 29.8 Å². The summed E-state index contributed by atoms with van der Waals surface area (Å²) in [6.45, 7) is 0. The zero-order valence-corrected chi connectivity index (χ0v) is 13.3. The second kappa shape index (κ2) is 6.57. The highest BCUT2D eigenvalue weighted by Crippen LogP contribution is 2.42. The lowest BCUT2D eigenvalue weighted by atomic mass is 10.0. The van der Waals surface area contributed by atoms with Crippen molar-refractivity contribution >= 4 is 34.8 Å². The molecule has 2 nitrogen and oxygen atoms in total. The van der Waals surface area contributed by atoms with Gasteiger partial charge < -0.3 is 9.47 Å². The van der Waals surface area contributed by atoms with E-state index in [1.165, 1.54) is 0 Å². The standard InChI is InChI=1S/C15H13Cl3O2/c1-19-12-4-3-5-13(20-2)14(12)15(18)9-6-7-10(16)11(17)8-9/h3-8,15H,1-2H3. The van der Waals surface area contributed by atoms with Crippen molar-refractivity contribution in [3.05, 3.63) is 57.6 Å². The summed E-state index contributed by atoms with van der Waals surface area (Å²) in [5, 5.41) is 0.505. The van der Waals surface area contributed by atoms with E-state index >= 15 is 0 Å². The van der Waals surface area contributed by atoms with Crippen molar-refractivity contribution in [1.82, 2.24) is 0 Å². The second-order valence-corrected chi connectivity index (χ2v) is 5.36. The van der Waals surface area contributed by atoms with E-state index in [1.807, 2.05) is 24.3 Å². The van der Waals surface area contributed by atoms with E-state index in [0.717, 1.165) is 11.1 Å². The lowest BCUT2D eigenvalue weighted by Crippen LogP contribution is -2.01. The molecule has 0 aliphatic carbocycles. The van der Waals surface area contributed by atoms with E-state index in [0.29, 0.717) is 21.5 Å². The van der Waals surface area contributed by atoms with Crippen LogP contribution in [0.2, 0.25) is 10.0 Å². The van der Waals surface area contributed by atoms with E-state index < -0.39 is 5.38 Å². The highest BCUT2D eigenvalue weighted by molar-refractivity contribution is 6.42. The first-order valence-electron chi connectivity index (χ1n) is 5.88. The number of ether oxygens (including phenoxy) is 2. The molecule has 5 heteroatoms. The smallest absolute Gasteiger partial charge is 0.127 e. The fourth-order valence-electron chi connectivity index (χ4n) is 1.97. The van der Waals surface area contributed by atoms with Crippen molar-refractivity contribution in [2.45, 2.75) is 5.38 Å². The number of alkyl halides is 1. The Morgan fingerprint density at radius 2 is 1.50 bits per heavy atom. The van der Waals surface area contributed by atoms with Crippen molar-refractivity contribution in [3.8, 4) is 11.5 Å². The number of hydrogen-bond donors (Lipinski definition) is 0. The number of halogens is 3. The highest BCUT2D eigenvalue weighted by atomic mass is 35.5. The molecule has 0 amide bonds. The van der Waals surface area contributed by atoms with Gasteiger partial charge in [0.2, 0.25) is 0 Å². The largest absolute Gasteiger partial charge is 0.496 e. The molecule has 2 rings (SSSR count). The molecule has 0 bridgehead atoms. The van der Waals surface area contributed by atoms with Gasteiger partial charge in [-0.15, -0.1) is 11.6 Å². The summed E-state index contributed by atoms with van der Waals surface area (Å²) in [7, 11) is 3.19. The van der Waals surface area contributed by atoms with Crippen LogP contribution in [0.5, 0.6) is 11.5 Å². The molecule has 2 aromatic rings. The van der Waals surface area contributed by atoms with Gasteiger partial charge >= 0.3 is 0 Å². The van der Waals surface area contributed by atoms with E-state index in [4.69, 9.17) is 44.3 Å². The van der Waals surface area contributed by atoms with Gasteiger partial charge in [-0.3, -0.25) is 0 Å². The quantitative estimate of drug-likeness (QED) is 0.704. The maximum Gasteiger partial charge on any atom is 0.127 e. The second-order valence-electron chi connectivity index (χ2n) is 4.11. The van der Waals surface area contributed by atoms with Crippen molar-refractivity contribution in [2.24, 2.45) is 0 Å². The van der Waals surface area contributed by atoms with Crippen molar-refractivity contribution in [3.63, 3.8) is 0 Å². The summed E-state index contributed by atoms with van der Waals surface area (Å²) in [5.41, 5.74) is 1.58. The molecule has 0 saturated heterocycles. The molecule has 0 heterocycles. The molecule has 0 saturated carbocycles. The Morgan fingerprint density at radius 1 is 0.900 bits per heavy atom. The van der Waals surface area contributed by atoms with E-state index in [2.05, 4.69) is 0 Å². The molecule has 0 aliphatic heterocycles. The predicted octanol–water partition coefficient (Wildman–Crippen LogP) is 5.34. The number of methoxy groups -OCH3 is 2. The third-order valence-electron chi connectivity index (χ3n) is 2.96. The Morgan fingerprint density at radius 3 is 2.00 bits per heavy atom. The topological polar surface area (TPSA) is 18.5 Å². The monoisotopic (exact) mass is 330 g/mol. The molecule has 0 aromatic heterocycles. The van der Waals surface area contributed by atoms with Gasteiger partial charge in [0, 0.05) is 0 Å². The van der Waals surface area contributed by atoms with Crippen LogP contribution in [0.1, 0.15) is 16.5 Å². The van der Waals surface area contributed by atoms with Crippen LogP contribution in [0.25, 0.3) is 0 Å². The normalized spacial score (nSPS) is 12.1. The van der Waals surface area contributed by atoms with Gasteiger partial charge in [0.15, 0.2) is 0 Å². The Bertz CT molecular complexity index is 592. The molecule has 1 unspecified atom stereocenters. The fraction of sp³-hybridized carbons (Fsp3) is 0.200. The van der Waals surface area contributed by atoms with E-state index in [1.54, 1.807) is 26.4 Å².